The van der Waals surface area contributed by atoms with Gasteiger partial charge in [0.25, 0.3) is 0 Å². The summed E-state index contributed by atoms with van der Waals surface area (Å²) in [5, 5.41) is 0. The van der Waals surface area contributed by atoms with Gasteiger partial charge in [-0.25, -0.2) is 0 Å². The van der Waals surface area contributed by atoms with Gasteiger partial charge in [0.1, 0.15) is 5.75 Å². The molecule has 0 saturated carbocycles. The minimum absolute atomic E-state index is 0.0211. The van der Waals surface area contributed by atoms with Gasteiger partial charge in [-0.1, -0.05) is 13.3 Å². The lowest BCUT2D eigenvalue weighted by atomic mass is 9.77. The van der Waals surface area contributed by atoms with E-state index in [9.17, 15) is 0 Å². The molecule has 7 heteroatoms. The minimum Gasteiger partial charge on any atom is -0.493 e. The first-order valence-corrected chi connectivity index (χ1v) is 11.3. The summed E-state index contributed by atoms with van der Waals surface area (Å²) in [6.07, 6.45) is 3.67. The van der Waals surface area contributed by atoms with Gasteiger partial charge in [0.05, 0.1) is 21.3 Å². The van der Waals surface area contributed by atoms with Gasteiger partial charge < -0.3 is 28.4 Å². The van der Waals surface area contributed by atoms with Gasteiger partial charge in [0, 0.05) is 36.6 Å². The van der Waals surface area contributed by atoms with E-state index < -0.39 is 0 Å². The van der Waals surface area contributed by atoms with Crippen LogP contribution in [-0.2, 0) is 0 Å². The van der Waals surface area contributed by atoms with Crippen molar-refractivity contribution in [2.24, 2.45) is 5.92 Å². The number of hydrogen-bond donors (Lipinski definition) is 0. The zero-order valence-corrected chi connectivity index (χ0v) is 19.2. The summed E-state index contributed by atoms with van der Waals surface area (Å²) >= 11 is 0. The van der Waals surface area contributed by atoms with E-state index in [1.54, 1.807) is 21.3 Å². The van der Waals surface area contributed by atoms with Crippen molar-refractivity contribution in [3.05, 3.63) is 35.4 Å². The van der Waals surface area contributed by atoms with Gasteiger partial charge >= 0.3 is 0 Å². The van der Waals surface area contributed by atoms with Crippen molar-refractivity contribution >= 4 is 0 Å². The molecule has 32 heavy (non-hydrogen) atoms. The van der Waals surface area contributed by atoms with Crippen LogP contribution in [0.4, 0.5) is 0 Å². The maximum absolute atomic E-state index is 6.62. The number of nitrogens with zero attached hydrogens (tertiary/aromatic N) is 1. The molecule has 3 heterocycles. The topological polar surface area (TPSA) is 58.6 Å². The first kappa shape index (κ1) is 21.1. The Morgan fingerprint density at radius 1 is 0.812 bits per heavy atom. The normalized spacial score (nSPS) is 24.4. The van der Waals surface area contributed by atoms with E-state index in [-0.39, 0.29) is 24.9 Å². The molecule has 0 aromatic heterocycles. The van der Waals surface area contributed by atoms with E-state index in [0.717, 1.165) is 41.5 Å². The number of fused-ring (bicyclic) bond motifs is 2. The van der Waals surface area contributed by atoms with Crippen molar-refractivity contribution < 1.29 is 28.4 Å². The lowest BCUT2D eigenvalue weighted by Crippen LogP contribution is -2.50. The Balaban J connectivity index is 1.64. The van der Waals surface area contributed by atoms with Gasteiger partial charge in [0.2, 0.25) is 12.5 Å². The van der Waals surface area contributed by atoms with Crippen LogP contribution in [0.25, 0.3) is 0 Å². The zero-order valence-electron chi connectivity index (χ0n) is 19.2. The molecule has 0 bridgehead atoms. The molecule has 2 aromatic carbocycles. The van der Waals surface area contributed by atoms with Crippen molar-refractivity contribution in [3.63, 3.8) is 0 Å². The van der Waals surface area contributed by atoms with Crippen LogP contribution in [0.2, 0.25) is 0 Å². The second-order valence-corrected chi connectivity index (χ2v) is 8.64. The Kier molecular flexibility index (Phi) is 5.67. The summed E-state index contributed by atoms with van der Waals surface area (Å²) in [6.45, 7) is 4.60. The van der Waals surface area contributed by atoms with Crippen LogP contribution >= 0.6 is 0 Å². The average molecular weight is 442 g/mol. The molecule has 3 atom stereocenters. The fourth-order valence-corrected chi connectivity index (χ4v) is 5.31. The number of methoxy groups -OCH3 is 3. The van der Waals surface area contributed by atoms with Gasteiger partial charge in [-0.15, -0.1) is 0 Å². The average Bonchev–Trinajstić information content (AvgIpc) is 3.29. The lowest BCUT2D eigenvalue weighted by Gasteiger charge is -2.44. The van der Waals surface area contributed by atoms with Gasteiger partial charge in [0.15, 0.2) is 29.2 Å². The fraction of sp³-hybridized carbons (Fsp3) is 0.520. The summed E-state index contributed by atoms with van der Waals surface area (Å²) < 4.78 is 34.8. The van der Waals surface area contributed by atoms with E-state index in [2.05, 4.69) is 30.0 Å². The fourth-order valence-electron chi connectivity index (χ4n) is 5.31. The Hall–Kier alpha value is -2.80. The molecular formula is C25H31NO6. The van der Waals surface area contributed by atoms with Crippen molar-refractivity contribution in [1.29, 1.82) is 0 Å². The van der Waals surface area contributed by atoms with E-state index in [1.807, 2.05) is 6.07 Å². The van der Waals surface area contributed by atoms with E-state index in [1.165, 1.54) is 19.3 Å². The summed E-state index contributed by atoms with van der Waals surface area (Å²) in [7, 11) is 4.92. The molecule has 0 radical (unpaired) electrons. The third kappa shape index (κ3) is 3.48. The van der Waals surface area contributed by atoms with Crippen LogP contribution in [0, 0.1) is 5.92 Å². The maximum atomic E-state index is 6.62. The Bertz CT molecular complexity index is 962. The molecule has 3 aliphatic heterocycles. The van der Waals surface area contributed by atoms with Crippen LogP contribution in [0.3, 0.4) is 0 Å². The smallest absolute Gasteiger partial charge is 0.231 e. The number of rotatable bonds is 5. The first-order chi connectivity index (χ1) is 15.6. The Morgan fingerprint density at radius 2 is 1.47 bits per heavy atom. The highest BCUT2D eigenvalue weighted by Crippen LogP contribution is 2.52. The summed E-state index contributed by atoms with van der Waals surface area (Å²) in [6, 6.07) is 8.14. The van der Waals surface area contributed by atoms with Crippen molar-refractivity contribution in [3.8, 4) is 34.5 Å². The van der Waals surface area contributed by atoms with Crippen molar-refractivity contribution in [1.82, 2.24) is 4.90 Å². The summed E-state index contributed by atoms with van der Waals surface area (Å²) in [4.78, 5) is 2.48. The van der Waals surface area contributed by atoms with E-state index in [0.29, 0.717) is 17.2 Å². The SMILES string of the molecule is COc1cc(C2c3cc4c(cc3OC(N3CCCCC3)C2C)OCO4)cc(OC)c1OC. The standard InChI is InChI=1S/C25H31NO6/c1-15-23(16-10-21(27-2)24(29-4)22(11-16)28-3)17-12-19-20(31-14-30-19)13-18(17)32-25(15)26-8-6-5-7-9-26/h10-13,15,23,25H,5-9,14H2,1-4H3. The quantitative estimate of drug-likeness (QED) is 0.681. The predicted molar refractivity (Wildman–Crippen MR) is 120 cm³/mol. The molecule has 3 unspecified atom stereocenters. The predicted octanol–water partition coefficient (Wildman–Crippen LogP) is 4.41. The van der Waals surface area contributed by atoms with Crippen molar-refractivity contribution in [2.45, 2.75) is 38.3 Å². The second kappa shape index (κ2) is 8.62. The molecule has 5 rings (SSSR count). The number of benzene rings is 2. The molecule has 3 aliphatic rings. The Labute approximate surface area is 189 Å². The monoisotopic (exact) mass is 441 g/mol. The molecule has 0 aliphatic carbocycles. The largest absolute Gasteiger partial charge is 0.493 e. The number of likely N-dealkylation sites (tertiary alicyclic amines) is 1. The Morgan fingerprint density at radius 3 is 2.09 bits per heavy atom. The van der Waals surface area contributed by atoms with E-state index in [4.69, 9.17) is 28.4 Å². The molecule has 0 spiro atoms. The van der Waals surface area contributed by atoms with Gasteiger partial charge in [-0.05, 0) is 36.6 Å². The molecule has 1 fully saturated rings. The highest BCUT2D eigenvalue weighted by atomic mass is 16.7. The third-order valence-corrected chi connectivity index (χ3v) is 6.86. The lowest BCUT2D eigenvalue weighted by molar-refractivity contribution is -0.0403. The second-order valence-electron chi connectivity index (χ2n) is 8.64. The van der Waals surface area contributed by atoms with Gasteiger partial charge in [-0.3, -0.25) is 4.90 Å². The van der Waals surface area contributed by atoms with Crippen LogP contribution < -0.4 is 28.4 Å². The van der Waals surface area contributed by atoms with Gasteiger partial charge in [-0.2, -0.15) is 0 Å². The third-order valence-electron chi connectivity index (χ3n) is 6.86. The highest BCUT2D eigenvalue weighted by Gasteiger charge is 2.41. The molecule has 1 saturated heterocycles. The summed E-state index contributed by atoms with van der Waals surface area (Å²) in [5.41, 5.74) is 2.18. The van der Waals surface area contributed by atoms with Crippen LogP contribution in [0.1, 0.15) is 43.2 Å². The number of ether oxygens (including phenoxy) is 6. The summed E-state index contributed by atoms with van der Waals surface area (Å²) in [5.74, 6) is 4.50. The highest BCUT2D eigenvalue weighted by molar-refractivity contribution is 5.60. The molecule has 0 N–H and O–H groups in total. The van der Waals surface area contributed by atoms with E-state index >= 15 is 0 Å². The zero-order chi connectivity index (χ0) is 22.2. The maximum Gasteiger partial charge on any atom is 0.231 e. The minimum atomic E-state index is -0.0211. The van der Waals surface area contributed by atoms with Crippen LogP contribution in [0.15, 0.2) is 24.3 Å². The number of piperidine rings is 1. The first-order valence-electron chi connectivity index (χ1n) is 11.3. The molecule has 0 amide bonds. The van der Waals surface area contributed by atoms with Crippen LogP contribution in [-0.4, -0.2) is 52.3 Å². The number of hydrogen-bond acceptors (Lipinski definition) is 7. The molecular weight excluding hydrogens is 410 g/mol. The van der Waals surface area contributed by atoms with Crippen molar-refractivity contribution in [2.75, 3.05) is 41.2 Å². The van der Waals surface area contributed by atoms with Crippen LogP contribution in [0.5, 0.6) is 34.5 Å². The molecule has 7 nitrogen and oxygen atoms in total. The molecule has 172 valence electrons. The molecule has 2 aromatic rings.